The third-order valence-electron chi connectivity index (χ3n) is 4.95. The van der Waals surface area contributed by atoms with Crippen molar-refractivity contribution in [2.75, 3.05) is 26.2 Å². The second kappa shape index (κ2) is 10.3. The summed E-state index contributed by atoms with van der Waals surface area (Å²) in [5.74, 6) is 0. The fourth-order valence-corrected chi connectivity index (χ4v) is 3.82. The van der Waals surface area contributed by atoms with Crippen LogP contribution in [0.5, 0.6) is 0 Å². The summed E-state index contributed by atoms with van der Waals surface area (Å²) in [6.07, 6.45) is 5.23. The molecule has 1 aromatic carbocycles. The maximum atomic E-state index is 3.59. The molecule has 1 aromatic heterocycles. The van der Waals surface area contributed by atoms with Crippen LogP contribution in [0.3, 0.4) is 0 Å². The maximum absolute atomic E-state index is 3.59. The molecule has 1 fully saturated rings. The largest absolute Gasteiger partial charge is 0.358 e. The number of unbranched alkanes of at least 4 members (excludes halogenated alkanes) is 2. The number of nitrogens with zero attached hydrogens (tertiary/aromatic N) is 1. The van der Waals surface area contributed by atoms with Crippen LogP contribution < -0.4 is 5.32 Å². The number of benzene rings is 1. The van der Waals surface area contributed by atoms with E-state index >= 15 is 0 Å². The number of piperazine rings is 1. The Morgan fingerprint density at radius 3 is 2.50 bits per heavy atom. The van der Waals surface area contributed by atoms with Crippen LogP contribution in [0.1, 0.15) is 49.9 Å². The Morgan fingerprint density at radius 2 is 1.79 bits per heavy atom. The van der Waals surface area contributed by atoms with Crippen LogP contribution in [0.2, 0.25) is 0 Å². The molecule has 0 amide bonds. The quantitative estimate of drug-likeness (QED) is 0.711. The molecule has 5 heteroatoms. The van der Waals surface area contributed by atoms with E-state index < -0.39 is 0 Å². The summed E-state index contributed by atoms with van der Waals surface area (Å²) in [5.41, 5.74) is 4.17. The smallest absolute Gasteiger partial charge is 0.0459 e. The number of aryl methyl sites for hydroxylation is 1. The average Bonchev–Trinajstić information content (AvgIpc) is 2.88. The standard InChI is InChI=1S/C19H29N3.2ClH/c1-3-4-5-10-18(22-13-11-20-12-14-22)19-15(2)21-17-9-7-6-8-16(17)19;;/h6-9,18,20-21H,3-5,10-14H2,1-2H3;2*1H/t18-;;/m1../s1. The summed E-state index contributed by atoms with van der Waals surface area (Å²) in [7, 11) is 0. The molecule has 0 spiro atoms. The van der Waals surface area contributed by atoms with Gasteiger partial charge >= 0.3 is 0 Å². The first-order chi connectivity index (χ1) is 10.8. The molecule has 136 valence electrons. The summed E-state index contributed by atoms with van der Waals surface area (Å²) >= 11 is 0. The number of aromatic nitrogens is 1. The zero-order chi connectivity index (χ0) is 15.4. The third-order valence-corrected chi connectivity index (χ3v) is 4.95. The zero-order valence-corrected chi connectivity index (χ0v) is 16.4. The minimum Gasteiger partial charge on any atom is -0.358 e. The zero-order valence-electron chi connectivity index (χ0n) is 14.8. The molecule has 1 atom stereocenters. The number of fused-ring (bicyclic) bond motifs is 1. The monoisotopic (exact) mass is 371 g/mol. The van der Waals surface area contributed by atoms with Crippen molar-refractivity contribution in [3.8, 4) is 0 Å². The Hall–Kier alpha value is -0.740. The summed E-state index contributed by atoms with van der Waals surface area (Å²) in [5, 5.41) is 4.90. The third kappa shape index (κ3) is 4.66. The van der Waals surface area contributed by atoms with Crippen molar-refractivity contribution >= 4 is 35.7 Å². The lowest BCUT2D eigenvalue weighted by Gasteiger charge is -2.35. The Balaban J connectivity index is 0.00000144. The Labute approximate surface area is 158 Å². The number of rotatable bonds is 6. The molecule has 2 heterocycles. The predicted octanol–water partition coefficient (Wildman–Crippen LogP) is 4.85. The van der Waals surface area contributed by atoms with E-state index in [-0.39, 0.29) is 24.8 Å². The van der Waals surface area contributed by atoms with Crippen LogP contribution >= 0.6 is 24.8 Å². The lowest BCUT2D eigenvalue weighted by molar-refractivity contribution is 0.163. The number of aromatic amines is 1. The van der Waals surface area contributed by atoms with Gasteiger partial charge in [0.2, 0.25) is 0 Å². The highest BCUT2D eigenvalue weighted by molar-refractivity contribution is 5.86. The molecule has 24 heavy (non-hydrogen) atoms. The molecule has 0 bridgehead atoms. The first-order valence-corrected chi connectivity index (χ1v) is 8.83. The molecule has 3 nitrogen and oxygen atoms in total. The summed E-state index contributed by atoms with van der Waals surface area (Å²) in [6.45, 7) is 9.09. The van der Waals surface area contributed by atoms with Gasteiger partial charge in [0.05, 0.1) is 0 Å². The first kappa shape index (κ1) is 21.3. The summed E-state index contributed by atoms with van der Waals surface area (Å²) in [6, 6.07) is 9.33. The van der Waals surface area contributed by atoms with Gasteiger partial charge in [-0.2, -0.15) is 0 Å². The van der Waals surface area contributed by atoms with E-state index in [1.54, 1.807) is 0 Å². The lowest BCUT2D eigenvalue weighted by Crippen LogP contribution is -2.45. The average molecular weight is 372 g/mol. The highest BCUT2D eigenvalue weighted by Crippen LogP contribution is 2.35. The molecule has 3 rings (SSSR count). The van der Waals surface area contributed by atoms with Crippen molar-refractivity contribution in [1.82, 2.24) is 15.2 Å². The minimum atomic E-state index is 0. The first-order valence-electron chi connectivity index (χ1n) is 8.83. The fraction of sp³-hybridized carbons (Fsp3) is 0.579. The molecule has 1 saturated heterocycles. The van der Waals surface area contributed by atoms with Gasteiger partial charge in [-0.3, -0.25) is 4.90 Å². The van der Waals surface area contributed by atoms with E-state index in [4.69, 9.17) is 0 Å². The number of hydrogen-bond acceptors (Lipinski definition) is 2. The fourth-order valence-electron chi connectivity index (χ4n) is 3.82. The van der Waals surface area contributed by atoms with Gasteiger partial charge in [0.25, 0.3) is 0 Å². The van der Waals surface area contributed by atoms with Crippen molar-refractivity contribution in [1.29, 1.82) is 0 Å². The van der Waals surface area contributed by atoms with Crippen molar-refractivity contribution in [3.05, 3.63) is 35.5 Å². The van der Waals surface area contributed by atoms with E-state index in [0.29, 0.717) is 6.04 Å². The number of hydrogen-bond donors (Lipinski definition) is 2. The van der Waals surface area contributed by atoms with Crippen LogP contribution in [-0.4, -0.2) is 36.1 Å². The number of para-hydroxylation sites is 1. The molecule has 2 N–H and O–H groups in total. The molecule has 2 aromatic rings. The molecule has 0 radical (unpaired) electrons. The van der Waals surface area contributed by atoms with Crippen molar-refractivity contribution < 1.29 is 0 Å². The normalized spacial score (nSPS) is 16.4. The van der Waals surface area contributed by atoms with Gasteiger partial charge in [-0.1, -0.05) is 44.4 Å². The summed E-state index contributed by atoms with van der Waals surface area (Å²) in [4.78, 5) is 6.28. The van der Waals surface area contributed by atoms with E-state index in [9.17, 15) is 0 Å². The van der Waals surface area contributed by atoms with E-state index in [0.717, 1.165) is 26.2 Å². The van der Waals surface area contributed by atoms with Crippen LogP contribution in [0.4, 0.5) is 0 Å². The highest BCUT2D eigenvalue weighted by Gasteiger charge is 2.25. The lowest BCUT2D eigenvalue weighted by atomic mass is 9.95. The van der Waals surface area contributed by atoms with Gasteiger partial charge in [-0.05, 0) is 25.0 Å². The van der Waals surface area contributed by atoms with E-state index in [1.165, 1.54) is 47.8 Å². The SMILES string of the molecule is CCCCC[C@H](c1c(C)[nH]c2ccccc12)N1CCNCC1.Cl.Cl. The summed E-state index contributed by atoms with van der Waals surface area (Å²) < 4.78 is 0. The molecular weight excluding hydrogens is 341 g/mol. The van der Waals surface area contributed by atoms with Gasteiger partial charge < -0.3 is 10.3 Å². The Kier molecular flexibility index (Phi) is 9.14. The topological polar surface area (TPSA) is 31.1 Å². The second-order valence-corrected chi connectivity index (χ2v) is 6.51. The number of nitrogens with one attached hydrogen (secondary N) is 2. The molecule has 0 aliphatic carbocycles. The Morgan fingerprint density at radius 1 is 1.08 bits per heavy atom. The van der Waals surface area contributed by atoms with E-state index in [2.05, 4.69) is 53.3 Å². The van der Waals surface area contributed by atoms with Crippen molar-refractivity contribution in [2.45, 2.75) is 45.6 Å². The van der Waals surface area contributed by atoms with Crippen molar-refractivity contribution in [2.24, 2.45) is 0 Å². The Bertz CT molecular complexity index is 606. The maximum Gasteiger partial charge on any atom is 0.0459 e. The highest BCUT2D eigenvalue weighted by atomic mass is 35.5. The molecule has 0 saturated carbocycles. The minimum absolute atomic E-state index is 0. The second-order valence-electron chi connectivity index (χ2n) is 6.51. The number of halogens is 2. The van der Waals surface area contributed by atoms with Crippen LogP contribution in [0.25, 0.3) is 10.9 Å². The number of H-pyrrole nitrogens is 1. The predicted molar refractivity (Wildman–Crippen MR) is 109 cm³/mol. The van der Waals surface area contributed by atoms with Gasteiger partial charge in [0, 0.05) is 48.8 Å². The molecule has 0 unspecified atom stereocenters. The van der Waals surface area contributed by atoms with Crippen LogP contribution in [0.15, 0.2) is 24.3 Å². The molecule has 1 aliphatic rings. The molecule has 1 aliphatic heterocycles. The van der Waals surface area contributed by atoms with Crippen molar-refractivity contribution in [3.63, 3.8) is 0 Å². The van der Waals surface area contributed by atoms with Gasteiger partial charge in [-0.15, -0.1) is 24.8 Å². The van der Waals surface area contributed by atoms with Crippen LogP contribution in [-0.2, 0) is 0 Å². The molecular formula is C19H31Cl2N3. The van der Waals surface area contributed by atoms with Gasteiger partial charge in [-0.25, -0.2) is 0 Å². The van der Waals surface area contributed by atoms with E-state index in [1.807, 2.05) is 0 Å². The van der Waals surface area contributed by atoms with Gasteiger partial charge in [0.1, 0.15) is 0 Å². The van der Waals surface area contributed by atoms with Gasteiger partial charge in [0.15, 0.2) is 0 Å². The van der Waals surface area contributed by atoms with Crippen LogP contribution in [0, 0.1) is 6.92 Å².